The Kier molecular flexibility index (Phi) is 3.48. The molecule has 0 aromatic heterocycles. The number of hydrogen-bond donors (Lipinski definition) is 1. The van der Waals surface area contributed by atoms with Crippen molar-refractivity contribution in [2.24, 2.45) is 5.92 Å². The topological polar surface area (TPSA) is 57.6 Å². The summed E-state index contributed by atoms with van der Waals surface area (Å²) >= 11 is 0. The van der Waals surface area contributed by atoms with Crippen LogP contribution in [-0.2, 0) is 16.8 Å². The van der Waals surface area contributed by atoms with E-state index in [4.69, 9.17) is 6.42 Å². The number of fused-ring (bicyclic) bond motifs is 2. The number of hydrogen-bond acceptors (Lipinski definition) is 3. The minimum atomic E-state index is -1.86. The summed E-state index contributed by atoms with van der Waals surface area (Å²) in [5, 5.41) is 11.4. The second-order valence-corrected chi connectivity index (χ2v) is 6.49. The summed E-state index contributed by atoms with van der Waals surface area (Å²) in [6, 6.07) is 14.4. The maximum Gasteiger partial charge on any atom is 0.265 e. The molecule has 2 aliphatic rings. The number of para-hydroxylation sites is 1. The number of nitrogens with zero attached hydrogens (tertiary/aromatic N) is 1. The number of Topliss-reactive ketones (excluding diaryl/α,β-unsaturated/α-hetero) is 1. The van der Waals surface area contributed by atoms with E-state index >= 15 is 0 Å². The first kappa shape index (κ1) is 15.6. The molecule has 25 heavy (non-hydrogen) atoms. The number of terminal acetylenes is 1. The molecule has 0 fully saturated rings. The van der Waals surface area contributed by atoms with Crippen LogP contribution in [0.2, 0.25) is 0 Å². The summed E-state index contributed by atoms with van der Waals surface area (Å²) < 4.78 is 0. The highest BCUT2D eigenvalue weighted by molar-refractivity contribution is 6.12. The van der Waals surface area contributed by atoms with Gasteiger partial charge in [0.05, 0.1) is 18.2 Å². The van der Waals surface area contributed by atoms with Crippen molar-refractivity contribution in [2.45, 2.75) is 18.4 Å². The van der Waals surface area contributed by atoms with Gasteiger partial charge in [0, 0.05) is 11.1 Å². The summed E-state index contributed by atoms with van der Waals surface area (Å²) in [7, 11) is 0. The van der Waals surface area contributed by atoms with Gasteiger partial charge < -0.3 is 5.11 Å². The molecule has 4 nitrogen and oxygen atoms in total. The molecule has 0 unspecified atom stereocenters. The Morgan fingerprint density at radius 1 is 1.16 bits per heavy atom. The van der Waals surface area contributed by atoms with Crippen LogP contribution in [0.15, 0.2) is 48.5 Å². The van der Waals surface area contributed by atoms with Crippen molar-refractivity contribution >= 4 is 17.4 Å². The highest BCUT2D eigenvalue weighted by atomic mass is 16.3. The van der Waals surface area contributed by atoms with Gasteiger partial charge in [0.2, 0.25) is 0 Å². The third-order valence-corrected chi connectivity index (χ3v) is 5.23. The number of rotatable bonds is 2. The van der Waals surface area contributed by atoms with Gasteiger partial charge in [-0.2, -0.15) is 0 Å². The molecule has 0 saturated carbocycles. The first-order chi connectivity index (χ1) is 12.1. The number of aliphatic hydroxyl groups is 1. The van der Waals surface area contributed by atoms with Crippen molar-refractivity contribution in [1.82, 2.24) is 0 Å². The number of aryl methyl sites for hydroxylation is 1. The SMILES string of the molecule is C#CCN1C(=O)[C@@](O)([C@H]2CCc3ccccc3C2=O)c2ccccc21. The van der Waals surface area contributed by atoms with Crippen LogP contribution in [0.5, 0.6) is 0 Å². The highest BCUT2D eigenvalue weighted by Crippen LogP contribution is 2.48. The maximum atomic E-state index is 13.1. The maximum absolute atomic E-state index is 13.1. The molecule has 0 bridgehead atoms. The molecular formula is C21H17NO3. The lowest BCUT2D eigenvalue weighted by Crippen LogP contribution is -2.49. The molecule has 1 heterocycles. The largest absolute Gasteiger partial charge is 0.375 e. The van der Waals surface area contributed by atoms with Crippen LogP contribution in [0, 0.1) is 18.3 Å². The minimum absolute atomic E-state index is 0.0651. The van der Waals surface area contributed by atoms with Crippen molar-refractivity contribution in [2.75, 3.05) is 11.4 Å². The highest BCUT2D eigenvalue weighted by Gasteiger charge is 2.57. The fourth-order valence-corrected chi connectivity index (χ4v) is 4.04. The molecule has 2 aromatic rings. The zero-order valence-electron chi connectivity index (χ0n) is 13.6. The predicted octanol–water partition coefficient (Wildman–Crippen LogP) is 2.30. The predicted molar refractivity (Wildman–Crippen MR) is 94.1 cm³/mol. The van der Waals surface area contributed by atoms with Gasteiger partial charge in [0.1, 0.15) is 0 Å². The van der Waals surface area contributed by atoms with E-state index in [0.717, 1.165) is 5.56 Å². The lowest BCUT2D eigenvalue weighted by molar-refractivity contribution is -0.140. The second-order valence-electron chi connectivity index (χ2n) is 6.49. The van der Waals surface area contributed by atoms with Gasteiger partial charge in [-0.15, -0.1) is 6.42 Å². The third kappa shape index (κ3) is 2.06. The fraction of sp³-hybridized carbons (Fsp3) is 0.238. The van der Waals surface area contributed by atoms with E-state index in [1.54, 1.807) is 36.4 Å². The van der Waals surface area contributed by atoms with E-state index in [0.29, 0.717) is 29.7 Å². The van der Waals surface area contributed by atoms with E-state index < -0.39 is 17.4 Å². The summed E-state index contributed by atoms with van der Waals surface area (Å²) in [5.74, 6) is 0.956. The van der Waals surface area contributed by atoms with Crippen molar-refractivity contribution < 1.29 is 14.7 Å². The number of ketones is 1. The van der Waals surface area contributed by atoms with Crippen LogP contribution in [0.3, 0.4) is 0 Å². The first-order valence-corrected chi connectivity index (χ1v) is 8.28. The normalized spacial score (nSPS) is 24.6. The van der Waals surface area contributed by atoms with E-state index in [9.17, 15) is 14.7 Å². The van der Waals surface area contributed by atoms with E-state index in [2.05, 4.69) is 5.92 Å². The molecule has 4 heteroatoms. The van der Waals surface area contributed by atoms with Gasteiger partial charge in [-0.05, 0) is 24.5 Å². The quantitative estimate of drug-likeness (QED) is 0.859. The zero-order chi connectivity index (χ0) is 17.6. The summed E-state index contributed by atoms with van der Waals surface area (Å²) in [6.45, 7) is 0.0651. The standard InChI is InChI=1S/C21H17NO3/c1-2-13-22-18-10-6-5-9-16(18)21(25,20(22)24)17-12-11-14-7-3-4-8-15(14)19(17)23/h1,3-10,17,25H,11-13H2/t17-,21-/m0/s1. The lowest BCUT2D eigenvalue weighted by Gasteiger charge is -2.34. The smallest absolute Gasteiger partial charge is 0.265 e. The van der Waals surface area contributed by atoms with Crippen LogP contribution in [0.4, 0.5) is 5.69 Å². The Labute approximate surface area is 146 Å². The van der Waals surface area contributed by atoms with Crippen molar-refractivity contribution in [3.63, 3.8) is 0 Å². The average Bonchev–Trinajstić information content (AvgIpc) is 2.85. The van der Waals surface area contributed by atoms with Gasteiger partial charge in [0.15, 0.2) is 11.4 Å². The molecule has 2 aromatic carbocycles. The number of amides is 1. The Balaban J connectivity index is 1.84. The fourth-order valence-electron chi connectivity index (χ4n) is 4.04. The van der Waals surface area contributed by atoms with Gasteiger partial charge in [-0.1, -0.05) is 48.4 Å². The van der Waals surface area contributed by atoms with Crippen LogP contribution in [0.25, 0.3) is 0 Å². The molecule has 1 amide bonds. The van der Waals surface area contributed by atoms with Crippen LogP contribution >= 0.6 is 0 Å². The Hall–Kier alpha value is -2.90. The number of benzene rings is 2. The van der Waals surface area contributed by atoms with Gasteiger partial charge in [-0.3, -0.25) is 14.5 Å². The Bertz CT molecular complexity index is 927. The Morgan fingerprint density at radius 3 is 2.68 bits per heavy atom. The molecule has 124 valence electrons. The van der Waals surface area contributed by atoms with Crippen LogP contribution < -0.4 is 4.90 Å². The lowest BCUT2D eigenvalue weighted by atomic mass is 9.71. The number of carbonyl (C=O) groups excluding carboxylic acids is 2. The summed E-state index contributed by atoms with van der Waals surface area (Å²) in [5.41, 5.74) is 0.741. The average molecular weight is 331 g/mol. The molecule has 0 radical (unpaired) electrons. The third-order valence-electron chi connectivity index (χ3n) is 5.23. The summed E-state index contributed by atoms with van der Waals surface area (Å²) in [6.07, 6.45) is 6.47. The zero-order valence-corrected chi connectivity index (χ0v) is 13.6. The number of carbonyl (C=O) groups is 2. The van der Waals surface area contributed by atoms with Crippen molar-refractivity contribution in [3.8, 4) is 12.3 Å². The van der Waals surface area contributed by atoms with Crippen molar-refractivity contribution in [3.05, 3.63) is 65.2 Å². The molecule has 0 spiro atoms. The van der Waals surface area contributed by atoms with E-state index in [-0.39, 0.29) is 12.3 Å². The minimum Gasteiger partial charge on any atom is -0.375 e. The molecule has 1 N–H and O–H groups in total. The Morgan fingerprint density at radius 2 is 1.88 bits per heavy atom. The van der Waals surface area contributed by atoms with Crippen LogP contribution in [-0.4, -0.2) is 23.3 Å². The van der Waals surface area contributed by atoms with Gasteiger partial charge in [0.25, 0.3) is 5.91 Å². The molecule has 2 atom stereocenters. The first-order valence-electron chi connectivity index (χ1n) is 8.28. The van der Waals surface area contributed by atoms with E-state index in [1.165, 1.54) is 4.90 Å². The van der Waals surface area contributed by atoms with Gasteiger partial charge in [-0.25, -0.2) is 0 Å². The molecule has 0 saturated heterocycles. The van der Waals surface area contributed by atoms with Gasteiger partial charge >= 0.3 is 0 Å². The molecular weight excluding hydrogens is 314 g/mol. The van der Waals surface area contributed by atoms with Crippen molar-refractivity contribution in [1.29, 1.82) is 0 Å². The number of anilines is 1. The second kappa shape index (κ2) is 5.58. The molecule has 1 aliphatic heterocycles. The molecule has 4 rings (SSSR count). The van der Waals surface area contributed by atoms with Crippen LogP contribution in [0.1, 0.15) is 27.9 Å². The monoisotopic (exact) mass is 331 g/mol. The molecule has 1 aliphatic carbocycles. The summed E-state index contributed by atoms with van der Waals surface area (Å²) in [4.78, 5) is 27.5. The van der Waals surface area contributed by atoms with E-state index in [1.807, 2.05) is 12.1 Å².